The first-order valence-electron chi connectivity index (χ1n) is 5.02. The molecule has 1 unspecified atom stereocenters. The number of hydrogen-bond acceptors (Lipinski definition) is 5. The van der Waals surface area contributed by atoms with Crippen LogP contribution in [0.5, 0.6) is 0 Å². The summed E-state index contributed by atoms with van der Waals surface area (Å²) in [6.07, 6.45) is 1.40. The van der Waals surface area contributed by atoms with E-state index in [1.54, 1.807) is 0 Å². The number of rotatable bonds is 5. The van der Waals surface area contributed by atoms with Crippen LogP contribution in [0, 0.1) is 0 Å². The Morgan fingerprint density at radius 1 is 1.53 bits per heavy atom. The highest BCUT2D eigenvalue weighted by Crippen LogP contribution is 2.06. The molecule has 0 aliphatic rings. The van der Waals surface area contributed by atoms with E-state index < -0.39 is 10.4 Å². The van der Waals surface area contributed by atoms with Crippen molar-refractivity contribution in [2.24, 2.45) is 0 Å². The summed E-state index contributed by atoms with van der Waals surface area (Å²) in [6, 6.07) is 0.0255. The van der Waals surface area contributed by atoms with Crippen LogP contribution < -0.4 is 0 Å². The van der Waals surface area contributed by atoms with Crippen LogP contribution in [0.3, 0.4) is 0 Å². The lowest BCUT2D eigenvalue weighted by atomic mass is 10.1. The maximum absolute atomic E-state index is 11.2. The lowest BCUT2D eigenvalue weighted by Gasteiger charge is -2.33. The Balaban J connectivity index is 0. The second-order valence-corrected chi connectivity index (χ2v) is 5.10. The molecule has 1 atom stereocenters. The third kappa shape index (κ3) is 8.99. The molecule has 0 aliphatic carbocycles. The number of likely N-dealkylation sites (N-methyl/N-ethyl adjacent to an activating group) is 1. The Morgan fingerprint density at radius 3 is 2.06 bits per heavy atom. The van der Waals surface area contributed by atoms with E-state index >= 15 is 0 Å². The van der Waals surface area contributed by atoms with Gasteiger partial charge in [-0.15, -0.1) is 0 Å². The summed E-state index contributed by atoms with van der Waals surface area (Å²) in [5.74, 6) is 0.122. The minimum Gasteiger partial charge on any atom is -0.726 e. The zero-order valence-corrected chi connectivity index (χ0v) is 11.8. The first-order valence-corrected chi connectivity index (χ1v) is 6.35. The van der Waals surface area contributed by atoms with Crippen molar-refractivity contribution < 1.29 is 26.4 Å². The second-order valence-electron chi connectivity index (χ2n) is 3.95. The predicted octanol–water partition coefficient (Wildman–Crippen LogP) is 0.319. The fourth-order valence-corrected chi connectivity index (χ4v) is 0.789. The number of quaternary nitrogens is 1. The molecule has 7 heteroatoms. The summed E-state index contributed by atoms with van der Waals surface area (Å²) in [4.78, 5) is 11.2. The van der Waals surface area contributed by atoms with Crippen LogP contribution in [0.15, 0.2) is 12.7 Å². The van der Waals surface area contributed by atoms with Gasteiger partial charge in [-0.1, -0.05) is 6.58 Å². The predicted molar refractivity (Wildman–Crippen MR) is 64.0 cm³/mol. The summed E-state index contributed by atoms with van der Waals surface area (Å²) < 4.78 is 31.7. The smallest absolute Gasteiger partial charge is 0.217 e. The minimum atomic E-state index is -4.41. The standard InChI is InChI=1S/C9H18NO.CH4O4S/c1-6-9(11)8(3)10(4,5)7-2;1-5-6(2,3)4/h6,8H,1,7H2,2-5H3;1H3,(H,2,3,4)/q+1;/p-1. The number of hydrogen-bond donors (Lipinski definition) is 0. The molecule has 102 valence electrons. The zero-order valence-electron chi connectivity index (χ0n) is 11.0. The van der Waals surface area contributed by atoms with Crippen molar-refractivity contribution in [2.75, 3.05) is 27.7 Å². The molecule has 0 bridgehead atoms. The summed E-state index contributed by atoms with van der Waals surface area (Å²) in [5, 5.41) is 0. The van der Waals surface area contributed by atoms with Gasteiger partial charge >= 0.3 is 0 Å². The van der Waals surface area contributed by atoms with E-state index in [4.69, 9.17) is 0 Å². The van der Waals surface area contributed by atoms with Crippen molar-refractivity contribution in [2.45, 2.75) is 19.9 Å². The van der Waals surface area contributed by atoms with Crippen molar-refractivity contribution in [1.82, 2.24) is 0 Å². The number of nitrogens with zero attached hydrogens (tertiary/aromatic N) is 1. The van der Waals surface area contributed by atoms with Crippen LogP contribution in [0.25, 0.3) is 0 Å². The van der Waals surface area contributed by atoms with E-state index in [-0.39, 0.29) is 11.8 Å². The number of carbonyl (C=O) groups is 1. The van der Waals surface area contributed by atoms with Gasteiger partial charge in [0.15, 0.2) is 0 Å². The molecule has 0 rings (SSSR count). The van der Waals surface area contributed by atoms with Gasteiger partial charge < -0.3 is 9.04 Å². The van der Waals surface area contributed by atoms with Crippen LogP contribution in [-0.4, -0.2) is 57.0 Å². The Labute approximate surface area is 103 Å². The van der Waals surface area contributed by atoms with Crippen molar-refractivity contribution in [1.29, 1.82) is 0 Å². The molecular formula is C10H21NO5S. The van der Waals surface area contributed by atoms with Crippen molar-refractivity contribution in [3.05, 3.63) is 12.7 Å². The first-order chi connectivity index (χ1) is 7.51. The summed E-state index contributed by atoms with van der Waals surface area (Å²) in [7, 11) is 0.491. The average Bonchev–Trinajstić information content (AvgIpc) is 2.26. The molecule has 0 aliphatic heterocycles. The van der Waals surface area contributed by atoms with Gasteiger partial charge in [-0.2, -0.15) is 0 Å². The molecule has 0 heterocycles. The molecule has 0 aromatic rings. The molecule has 0 spiro atoms. The molecule has 6 nitrogen and oxygen atoms in total. The van der Waals surface area contributed by atoms with Gasteiger partial charge in [-0.3, -0.25) is 8.98 Å². The molecular weight excluding hydrogens is 246 g/mol. The van der Waals surface area contributed by atoms with Crippen LogP contribution in [0.4, 0.5) is 0 Å². The molecule has 0 fully saturated rings. The average molecular weight is 267 g/mol. The van der Waals surface area contributed by atoms with Crippen molar-refractivity contribution in [3.8, 4) is 0 Å². The molecule has 17 heavy (non-hydrogen) atoms. The highest BCUT2D eigenvalue weighted by Gasteiger charge is 2.26. The van der Waals surface area contributed by atoms with Crippen LogP contribution in [0.1, 0.15) is 13.8 Å². The Kier molecular flexibility index (Phi) is 8.25. The van der Waals surface area contributed by atoms with Crippen LogP contribution >= 0.6 is 0 Å². The van der Waals surface area contributed by atoms with Gasteiger partial charge in [0.25, 0.3) is 0 Å². The molecule has 0 saturated heterocycles. The second kappa shape index (κ2) is 7.54. The van der Waals surface area contributed by atoms with Gasteiger partial charge in [0.05, 0.1) is 27.7 Å². The minimum absolute atomic E-state index is 0.0255. The number of ketones is 1. The molecule has 0 aromatic heterocycles. The highest BCUT2D eigenvalue weighted by molar-refractivity contribution is 7.80. The van der Waals surface area contributed by atoms with Crippen molar-refractivity contribution >= 4 is 16.2 Å². The lowest BCUT2D eigenvalue weighted by molar-refractivity contribution is -0.901. The van der Waals surface area contributed by atoms with E-state index in [0.717, 1.165) is 18.1 Å². The summed E-state index contributed by atoms with van der Waals surface area (Å²) >= 11 is 0. The van der Waals surface area contributed by atoms with Crippen molar-refractivity contribution in [3.63, 3.8) is 0 Å². The van der Waals surface area contributed by atoms with Gasteiger partial charge in [0, 0.05) is 0 Å². The molecule has 0 amide bonds. The zero-order chi connectivity index (χ0) is 14.3. The van der Waals surface area contributed by atoms with Gasteiger partial charge in [-0.05, 0) is 19.9 Å². The lowest BCUT2D eigenvalue weighted by Crippen LogP contribution is -2.50. The maximum atomic E-state index is 11.2. The van der Waals surface area contributed by atoms with E-state index in [2.05, 4.69) is 17.7 Å². The van der Waals surface area contributed by atoms with E-state index in [1.165, 1.54) is 6.08 Å². The number of carbonyl (C=O) groups excluding carboxylic acids is 1. The van der Waals surface area contributed by atoms with Gasteiger partial charge in [0.2, 0.25) is 16.2 Å². The van der Waals surface area contributed by atoms with Crippen LogP contribution in [0.2, 0.25) is 0 Å². The topological polar surface area (TPSA) is 83.5 Å². The third-order valence-electron chi connectivity index (χ3n) is 2.68. The Hall–Kier alpha value is -0.760. The van der Waals surface area contributed by atoms with Crippen LogP contribution in [-0.2, 0) is 19.4 Å². The largest absolute Gasteiger partial charge is 0.726 e. The monoisotopic (exact) mass is 267 g/mol. The fraction of sp³-hybridized carbons (Fsp3) is 0.700. The van der Waals surface area contributed by atoms with Gasteiger partial charge in [-0.25, -0.2) is 8.42 Å². The molecule has 0 aromatic carbocycles. The fourth-order valence-electron chi connectivity index (χ4n) is 0.789. The Morgan fingerprint density at radius 2 is 1.88 bits per heavy atom. The quantitative estimate of drug-likeness (QED) is 0.310. The molecule has 0 radical (unpaired) electrons. The van der Waals surface area contributed by atoms with Gasteiger partial charge in [0.1, 0.15) is 6.04 Å². The molecule has 0 saturated carbocycles. The maximum Gasteiger partial charge on any atom is 0.217 e. The van der Waals surface area contributed by atoms with E-state index in [9.17, 15) is 17.8 Å². The summed E-state index contributed by atoms with van der Waals surface area (Å²) in [5.41, 5.74) is 0. The van der Waals surface area contributed by atoms with E-state index in [0.29, 0.717) is 0 Å². The summed E-state index contributed by atoms with van der Waals surface area (Å²) in [6.45, 7) is 8.44. The first kappa shape index (κ1) is 18.6. The third-order valence-corrected chi connectivity index (χ3v) is 3.09. The highest BCUT2D eigenvalue weighted by atomic mass is 32.3. The molecule has 0 N–H and O–H groups in total. The normalized spacial score (nSPS) is 13.3. The SMILES string of the molecule is C=CC(=O)C(C)[N+](C)(C)CC.COS(=O)(=O)[O-]. The van der Waals surface area contributed by atoms with E-state index in [1.807, 2.05) is 21.0 Å². The Bertz CT molecular complexity index is 348.